The van der Waals surface area contributed by atoms with Crippen molar-refractivity contribution in [1.29, 1.82) is 0 Å². The maximum Gasteiger partial charge on any atom is 0.225 e. The van der Waals surface area contributed by atoms with Gasteiger partial charge in [0, 0.05) is 58.2 Å². The molecule has 0 atom stereocenters. The van der Waals surface area contributed by atoms with Crippen molar-refractivity contribution in [3.05, 3.63) is 18.5 Å². The van der Waals surface area contributed by atoms with Gasteiger partial charge in [0.15, 0.2) is 5.96 Å². The van der Waals surface area contributed by atoms with E-state index in [1.807, 2.05) is 18.5 Å². The van der Waals surface area contributed by atoms with Crippen LogP contribution in [0.4, 0.5) is 5.95 Å². The molecule has 0 aromatic carbocycles. The maximum atomic E-state index is 4.52. The Bertz CT molecular complexity index is 469. The van der Waals surface area contributed by atoms with Gasteiger partial charge in [0.05, 0.1) is 0 Å². The number of aromatic nitrogens is 2. The van der Waals surface area contributed by atoms with E-state index in [9.17, 15) is 0 Å². The van der Waals surface area contributed by atoms with E-state index in [1.165, 1.54) is 0 Å². The standard InChI is InChI=1S/C17H31N7/c1-3-7-19-16(18-4-2)20-10-6-11-23-12-14-24(15-13-23)17-21-8-5-9-22-17/h5,8-9H,3-4,6-7,10-15H2,1-2H3,(H2,18,19,20). The van der Waals surface area contributed by atoms with Crippen molar-refractivity contribution in [2.45, 2.75) is 26.7 Å². The lowest BCUT2D eigenvalue weighted by molar-refractivity contribution is 0.254. The Balaban J connectivity index is 1.62. The highest BCUT2D eigenvalue weighted by Gasteiger charge is 2.18. The minimum atomic E-state index is 0.848. The van der Waals surface area contributed by atoms with Gasteiger partial charge in [0.25, 0.3) is 0 Å². The zero-order valence-electron chi connectivity index (χ0n) is 15.0. The lowest BCUT2D eigenvalue weighted by Crippen LogP contribution is -2.47. The smallest absolute Gasteiger partial charge is 0.225 e. The van der Waals surface area contributed by atoms with Crippen LogP contribution in [-0.4, -0.2) is 73.2 Å². The Kier molecular flexibility index (Phi) is 8.31. The summed E-state index contributed by atoms with van der Waals surface area (Å²) in [6, 6.07) is 1.86. The van der Waals surface area contributed by atoms with Gasteiger partial charge in [-0.3, -0.25) is 9.89 Å². The summed E-state index contributed by atoms with van der Waals surface area (Å²) in [5, 5.41) is 6.70. The summed E-state index contributed by atoms with van der Waals surface area (Å²) in [5.41, 5.74) is 0. The van der Waals surface area contributed by atoms with Gasteiger partial charge in [0.2, 0.25) is 5.95 Å². The van der Waals surface area contributed by atoms with Crippen LogP contribution in [0.1, 0.15) is 26.7 Å². The molecule has 7 nitrogen and oxygen atoms in total. The van der Waals surface area contributed by atoms with Crippen LogP contribution in [0.2, 0.25) is 0 Å². The summed E-state index contributed by atoms with van der Waals surface area (Å²) in [6.45, 7) is 12.2. The lowest BCUT2D eigenvalue weighted by Gasteiger charge is -2.34. The number of hydrogen-bond donors (Lipinski definition) is 2. The van der Waals surface area contributed by atoms with Gasteiger partial charge in [-0.15, -0.1) is 0 Å². The van der Waals surface area contributed by atoms with E-state index in [0.717, 1.165) is 77.1 Å². The van der Waals surface area contributed by atoms with Gasteiger partial charge >= 0.3 is 0 Å². The molecule has 1 aliphatic heterocycles. The van der Waals surface area contributed by atoms with Gasteiger partial charge in [-0.25, -0.2) is 9.97 Å². The van der Waals surface area contributed by atoms with Gasteiger partial charge in [-0.1, -0.05) is 6.92 Å². The average molecular weight is 333 g/mol. The number of nitrogens with zero attached hydrogens (tertiary/aromatic N) is 5. The zero-order valence-corrected chi connectivity index (χ0v) is 15.0. The normalized spacial score (nSPS) is 16.2. The van der Waals surface area contributed by atoms with Crippen molar-refractivity contribution in [1.82, 2.24) is 25.5 Å². The highest BCUT2D eigenvalue weighted by Crippen LogP contribution is 2.09. The summed E-state index contributed by atoms with van der Waals surface area (Å²) in [4.78, 5) is 18.0. The molecule has 0 bridgehead atoms. The Morgan fingerprint density at radius 3 is 2.54 bits per heavy atom. The molecule has 2 rings (SSSR count). The molecule has 2 N–H and O–H groups in total. The Labute approximate surface area is 145 Å². The molecule has 2 heterocycles. The molecule has 0 radical (unpaired) electrons. The van der Waals surface area contributed by atoms with Crippen LogP contribution in [0.5, 0.6) is 0 Å². The van der Waals surface area contributed by atoms with Crippen molar-refractivity contribution >= 4 is 11.9 Å². The van der Waals surface area contributed by atoms with Crippen LogP contribution < -0.4 is 15.5 Å². The molecule has 1 aromatic rings. The van der Waals surface area contributed by atoms with E-state index < -0.39 is 0 Å². The van der Waals surface area contributed by atoms with E-state index in [0.29, 0.717) is 0 Å². The largest absolute Gasteiger partial charge is 0.357 e. The molecule has 1 aromatic heterocycles. The molecule has 0 amide bonds. The van der Waals surface area contributed by atoms with Crippen LogP contribution in [-0.2, 0) is 0 Å². The van der Waals surface area contributed by atoms with Crippen molar-refractivity contribution in [3.8, 4) is 0 Å². The van der Waals surface area contributed by atoms with Crippen LogP contribution in [0, 0.1) is 0 Å². The number of anilines is 1. The fourth-order valence-corrected chi connectivity index (χ4v) is 2.70. The molecule has 0 saturated carbocycles. The number of rotatable bonds is 8. The molecule has 1 aliphatic rings. The second-order valence-corrected chi connectivity index (χ2v) is 5.92. The number of aliphatic imine (C=N–C) groups is 1. The third-order valence-corrected chi connectivity index (χ3v) is 3.99. The molecular formula is C17H31N7. The number of piperazine rings is 1. The summed E-state index contributed by atoms with van der Waals surface area (Å²) in [6.07, 6.45) is 5.81. The maximum absolute atomic E-state index is 4.52. The van der Waals surface area contributed by atoms with Gasteiger partial charge < -0.3 is 15.5 Å². The van der Waals surface area contributed by atoms with Crippen molar-refractivity contribution < 1.29 is 0 Å². The van der Waals surface area contributed by atoms with E-state index in [-0.39, 0.29) is 0 Å². The summed E-state index contributed by atoms with van der Waals surface area (Å²) >= 11 is 0. The SMILES string of the molecule is CCCN=C(NCC)NCCCN1CCN(c2ncccn2)CC1. The number of guanidine groups is 1. The monoisotopic (exact) mass is 333 g/mol. The highest BCUT2D eigenvalue weighted by atomic mass is 15.3. The summed E-state index contributed by atoms with van der Waals surface area (Å²) < 4.78 is 0. The van der Waals surface area contributed by atoms with Crippen molar-refractivity contribution in [2.75, 3.05) is 57.3 Å². The quantitative estimate of drug-likeness (QED) is 0.419. The van der Waals surface area contributed by atoms with E-state index >= 15 is 0 Å². The zero-order chi connectivity index (χ0) is 17.0. The molecule has 7 heteroatoms. The second kappa shape index (κ2) is 10.8. The summed E-state index contributed by atoms with van der Waals surface area (Å²) in [5.74, 6) is 1.78. The molecule has 24 heavy (non-hydrogen) atoms. The Morgan fingerprint density at radius 1 is 1.12 bits per heavy atom. The van der Waals surface area contributed by atoms with Gasteiger partial charge in [-0.05, 0) is 32.4 Å². The third kappa shape index (κ3) is 6.31. The first-order valence-corrected chi connectivity index (χ1v) is 9.10. The minimum absolute atomic E-state index is 0.848. The number of hydrogen-bond acceptors (Lipinski definition) is 5. The molecule has 1 fully saturated rings. The van der Waals surface area contributed by atoms with Crippen LogP contribution in [0.3, 0.4) is 0 Å². The molecule has 134 valence electrons. The summed E-state index contributed by atoms with van der Waals surface area (Å²) in [7, 11) is 0. The number of nitrogens with one attached hydrogen (secondary N) is 2. The fourth-order valence-electron chi connectivity index (χ4n) is 2.70. The average Bonchev–Trinajstić information content (AvgIpc) is 2.64. The van der Waals surface area contributed by atoms with Crippen LogP contribution >= 0.6 is 0 Å². The molecule has 0 unspecified atom stereocenters. The van der Waals surface area contributed by atoms with E-state index in [4.69, 9.17) is 0 Å². The fraction of sp³-hybridized carbons (Fsp3) is 0.706. The second-order valence-electron chi connectivity index (χ2n) is 5.92. The highest BCUT2D eigenvalue weighted by molar-refractivity contribution is 5.79. The molecule has 0 aliphatic carbocycles. The predicted molar refractivity (Wildman–Crippen MR) is 99.6 cm³/mol. The van der Waals surface area contributed by atoms with E-state index in [1.54, 1.807) is 0 Å². The Morgan fingerprint density at radius 2 is 1.88 bits per heavy atom. The Hall–Kier alpha value is -1.89. The first kappa shape index (κ1) is 18.4. The van der Waals surface area contributed by atoms with Gasteiger partial charge in [0.1, 0.15) is 0 Å². The molecule has 1 saturated heterocycles. The predicted octanol–water partition coefficient (Wildman–Crippen LogP) is 0.954. The molecular weight excluding hydrogens is 302 g/mol. The minimum Gasteiger partial charge on any atom is -0.357 e. The van der Waals surface area contributed by atoms with Crippen molar-refractivity contribution in [3.63, 3.8) is 0 Å². The van der Waals surface area contributed by atoms with Crippen LogP contribution in [0.25, 0.3) is 0 Å². The lowest BCUT2D eigenvalue weighted by atomic mass is 10.3. The molecule has 0 spiro atoms. The van der Waals surface area contributed by atoms with Crippen molar-refractivity contribution in [2.24, 2.45) is 4.99 Å². The van der Waals surface area contributed by atoms with E-state index in [2.05, 4.69) is 49.2 Å². The van der Waals surface area contributed by atoms with Crippen LogP contribution in [0.15, 0.2) is 23.5 Å². The third-order valence-electron chi connectivity index (χ3n) is 3.99. The first-order chi connectivity index (χ1) is 11.8. The topological polar surface area (TPSA) is 68.7 Å². The first-order valence-electron chi connectivity index (χ1n) is 9.10. The van der Waals surface area contributed by atoms with Gasteiger partial charge in [-0.2, -0.15) is 0 Å².